The molecule has 1 heterocycles. The fraction of sp³-hybridized carbons (Fsp3) is 0.767. The van der Waals surface area contributed by atoms with Crippen LogP contribution in [0.2, 0.25) is 0 Å². The molecular weight excluding hydrogens is 1030 g/mol. The van der Waals surface area contributed by atoms with Crippen LogP contribution in [-0.2, 0) is 66.9 Å². The molecule has 0 aromatic heterocycles. The summed E-state index contributed by atoms with van der Waals surface area (Å²) in [6.07, 6.45) is 6.96. The molecule has 20 heteroatoms. The number of cyclic esters (lactones) is 4. The van der Waals surface area contributed by atoms with E-state index in [4.69, 9.17) is 31.8 Å². The molecule has 6 amide bonds. The van der Waals surface area contributed by atoms with Gasteiger partial charge in [-0.1, -0.05) is 125 Å². The summed E-state index contributed by atoms with van der Waals surface area (Å²) in [5.41, 5.74) is 0. The van der Waals surface area contributed by atoms with Crippen molar-refractivity contribution in [3.63, 3.8) is 0 Å². The third-order valence-electron chi connectivity index (χ3n) is 14.5. The number of esters is 4. The van der Waals surface area contributed by atoms with E-state index in [2.05, 4.69) is 33.1 Å². The van der Waals surface area contributed by atoms with Crippen molar-refractivity contribution >= 4 is 59.3 Å². The molecule has 0 saturated carbocycles. The quantitative estimate of drug-likeness (QED) is 0.0738. The molecule has 0 bridgehead atoms. The van der Waals surface area contributed by atoms with E-state index in [1.807, 2.05) is 0 Å². The summed E-state index contributed by atoms with van der Waals surface area (Å²) in [4.78, 5) is 146. The van der Waals surface area contributed by atoms with Crippen LogP contribution in [0.5, 0.6) is 0 Å². The summed E-state index contributed by atoms with van der Waals surface area (Å²) in [5, 5.41) is 11.4. The molecule has 80 heavy (non-hydrogen) atoms. The number of hydrogen-bond acceptors (Lipinski definition) is 14. The lowest BCUT2D eigenvalue weighted by molar-refractivity contribution is -0.182. The van der Waals surface area contributed by atoms with Gasteiger partial charge < -0.3 is 50.0 Å². The summed E-state index contributed by atoms with van der Waals surface area (Å²) in [6, 6.07) is -6.72. The zero-order valence-electron chi connectivity index (χ0n) is 51.6. The number of hydrogen-bond donors (Lipinski definition) is 4. The average molecular weight is 1130 g/mol. The maximum Gasteiger partial charge on any atom is 0.348 e. The van der Waals surface area contributed by atoms with Gasteiger partial charge in [0.1, 0.15) is 24.2 Å². The molecule has 0 aromatic rings. The topological polar surface area (TPSA) is 262 Å². The minimum absolute atomic E-state index is 0.219. The Hall–Kier alpha value is -6.18. The van der Waals surface area contributed by atoms with E-state index >= 15 is 0 Å². The van der Waals surface area contributed by atoms with Gasteiger partial charge >= 0.3 is 23.9 Å². The summed E-state index contributed by atoms with van der Waals surface area (Å²) < 4.78 is 23.5. The molecule has 0 radical (unpaired) electrons. The van der Waals surface area contributed by atoms with Gasteiger partial charge in [0, 0.05) is 50.9 Å². The number of likely N-dealkylation sites (N-methyl/N-ethyl adjacent to an activating group) is 2. The lowest BCUT2D eigenvalue weighted by Crippen LogP contribution is -2.58. The molecule has 12 atom stereocenters. The Morgan fingerprint density at radius 3 is 0.912 bits per heavy atom. The van der Waals surface area contributed by atoms with Crippen LogP contribution in [0, 0.1) is 83.9 Å². The van der Waals surface area contributed by atoms with Crippen molar-refractivity contribution < 1.29 is 66.9 Å². The molecule has 0 spiro atoms. The molecule has 0 aromatic carbocycles. The number of carbonyl (C=O) groups is 10. The van der Waals surface area contributed by atoms with Gasteiger partial charge in [-0.2, -0.15) is 0 Å². The van der Waals surface area contributed by atoms with Crippen LogP contribution in [0.25, 0.3) is 0 Å². The predicted octanol–water partition coefficient (Wildman–Crippen LogP) is 5.37. The van der Waals surface area contributed by atoms with Gasteiger partial charge in [-0.15, -0.1) is 24.7 Å². The molecule has 0 aliphatic carbocycles. The highest BCUT2D eigenvalue weighted by Crippen LogP contribution is 2.25. The van der Waals surface area contributed by atoms with E-state index in [0.29, 0.717) is 25.7 Å². The highest BCUT2D eigenvalue weighted by molar-refractivity contribution is 5.94. The fourth-order valence-electron chi connectivity index (χ4n) is 9.52. The van der Waals surface area contributed by atoms with Crippen molar-refractivity contribution in [1.29, 1.82) is 0 Å². The summed E-state index contributed by atoms with van der Waals surface area (Å²) in [7, 11) is 2.82. The van der Waals surface area contributed by atoms with Crippen molar-refractivity contribution in [3.8, 4) is 24.7 Å². The third kappa shape index (κ3) is 20.7. The first kappa shape index (κ1) is 71.8. The second kappa shape index (κ2) is 33.5. The van der Waals surface area contributed by atoms with Crippen LogP contribution in [0.15, 0.2) is 0 Å². The number of nitrogens with zero attached hydrogens (tertiary/aromatic N) is 2. The Morgan fingerprint density at radius 1 is 0.400 bits per heavy atom. The highest BCUT2D eigenvalue weighted by Gasteiger charge is 2.44. The smallest absolute Gasteiger partial charge is 0.348 e. The zero-order valence-corrected chi connectivity index (χ0v) is 51.6. The number of amides is 6. The largest absolute Gasteiger partial charge is 0.449 e. The van der Waals surface area contributed by atoms with Gasteiger partial charge in [-0.3, -0.25) is 28.8 Å². The van der Waals surface area contributed by atoms with Crippen LogP contribution in [-0.4, -0.2) is 144 Å². The lowest BCUT2D eigenvalue weighted by Gasteiger charge is -2.36. The van der Waals surface area contributed by atoms with Crippen molar-refractivity contribution in [2.45, 2.75) is 224 Å². The Balaban J connectivity index is 4.19. The number of ether oxygens (including phenoxy) is 4. The maximum atomic E-state index is 14.5. The van der Waals surface area contributed by atoms with E-state index in [0.717, 1.165) is 0 Å². The first-order valence-electron chi connectivity index (χ1n) is 28.5. The first-order valence-corrected chi connectivity index (χ1v) is 28.5. The standard InChI is InChI=1S/C60H98N6O14/c1-23-25-27-29-41-39(19)55(71)65(21)45(33(7)8)57(73)79-49(37(15)16)59(75)78-48(36(13)14)54(70)64-44(32(5)6)52(68)62-42(30-28-26-24-2)40(20)56(72)66(22)46(34(9)10)58(74)80-50(38(17)18)60(76)77-47(35(11)12)53(69)63-43(31(3)4)51(67)61-41/h1-2,31-50H,25-30H2,3-22H3,(H,61,67)(H,62,68)(H,63,69)(H,64,70)/t39-,40-,41-,42?,43+,44?,45+,46?,47+,48+,49?,50+/m1/s1. The van der Waals surface area contributed by atoms with Crippen LogP contribution in [0.4, 0.5) is 0 Å². The normalized spacial score (nSPS) is 27.9. The molecule has 1 aliphatic heterocycles. The number of carbonyl (C=O) groups excluding carboxylic acids is 10. The first-order chi connectivity index (χ1) is 37.1. The Labute approximate surface area is 477 Å². The van der Waals surface area contributed by atoms with Crippen molar-refractivity contribution in [3.05, 3.63) is 0 Å². The molecule has 452 valence electrons. The van der Waals surface area contributed by atoms with Crippen molar-refractivity contribution in [2.24, 2.45) is 59.2 Å². The molecule has 4 N–H and O–H groups in total. The third-order valence-corrected chi connectivity index (χ3v) is 14.5. The molecule has 1 rings (SSSR count). The molecule has 1 fully saturated rings. The zero-order chi connectivity index (χ0) is 61.8. The fourth-order valence-corrected chi connectivity index (χ4v) is 9.52. The number of nitrogens with one attached hydrogen (secondary N) is 4. The molecule has 20 nitrogen and oxygen atoms in total. The van der Waals surface area contributed by atoms with Crippen LogP contribution >= 0.6 is 0 Å². The van der Waals surface area contributed by atoms with E-state index in [9.17, 15) is 47.9 Å². The Bertz CT molecular complexity index is 2060. The summed E-state index contributed by atoms with van der Waals surface area (Å²) in [5.74, 6) is -9.78. The van der Waals surface area contributed by atoms with Gasteiger partial charge in [-0.25, -0.2) is 19.2 Å². The van der Waals surface area contributed by atoms with Crippen molar-refractivity contribution in [2.75, 3.05) is 14.1 Å². The molecule has 4 unspecified atom stereocenters. The molecular formula is C60H98N6O14. The Kier molecular flexibility index (Phi) is 30.1. The van der Waals surface area contributed by atoms with E-state index in [1.54, 1.807) is 125 Å². The number of unbranched alkanes of at least 4 members (excludes halogenated alkanes) is 2. The Morgan fingerprint density at radius 2 is 0.675 bits per heavy atom. The molecule has 1 saturated heterocycles. The highest BCUT2D eigenvalue weighted by atomic mass is 16.6. The number of terminal acetylenes is 2. The second-order valence-corrected chi connectivity index (χ2v) is 24.1. The summed E-state index contributed by atoms with van der Waals surface area (Å²) in [6.45, 7) is 29.7. The predicted molar refractivity (Wildman–Crippen MR) is 303 cm³/mol. The minimum Gasteiger partial charge on any atom is -0.449 e. The van der Waals surface area contributed by atoms with Crippen LogP contribution in [0.1, 0.15) is 163 Å². The second-order valence-electron chi connectivity index (χ2n) is 24.1. The average Bonchev–Trinajstić information content (AvgIpc) is 3.35. The van der Waals surface area contributed by atoms with E-state index in [1.165, 1.54) is 23.9 Å². The maximum absolute atomic E-state index is 14.5. The van der Waals surface area contributed by atoms with Crippen molar-refractivity contribution in [1.82, 2.24) is 31.1 Å². The van der Waals surface area contributed by atoms with Crippen LogP contribution < -0.4 is 21.3 Å². The SMILES string of the molecule is C#CCCCC1NC(=O)C(C(C)C)NC(=O)[C@H](C(C)C)OC(=O)C(C(C)C)OC(=O)[C@H](C(C)C)N(C)C(=O)[C@H](C)[C@@H](CCCC#C)NC(=O)[C@H](C(C)C)NC(=O)[C@H](C(C)C)OC(=O)[C@H](C(C)C)OC(=O)C(C(C)C)N(C)C(=O)[C@@H]1C. The van der Waals surface area contributed by atoms with Gasteiger partial charge in [0.2, 0.25) is 35.8 Å². The van der Waals surface area contributed by atoms with Gasteiger partial charge in [0.05, 0.1) is 11.8 Å². The van der Waals surface area contributed by atoms with Gasteiger partial charge in [0.25, 0.3) is 11.8 Å². The minimum atomic E-state index is -1.55. The molecule has 1 aliphatic rings. The van der Waals surface area contributed by atoms with Gasteiger partial charge in [-0.05, 0) is 61.2 Å². The van der Waals surface area contributed by atoms with E-state index in [-0.39, 0.29) is 12.8 Å². The van der Waals surface area contributed by atoms with E-state index < -0.39 is 179 Å². The number of rotatable bonds is 14. The monoisotopic (exact) mass is 1130 g/mol. The van der Waals surface area contributed by atoms with Crippen LogP contribution in [0.3, 0.4) is 0 Å². The lowest BCUT2D eigenvalue weighted by atomic mass is 9.92. The summed E-state index contributed by atoms with van der Waals surface area (Å²) >= 11 is 0. The van der Waals surface area contributed by atoms with Gasteiger partial charge in [0.15, 0.2) is 12.2 Å².